The molecule has 0 saturated heterocycles. The van der Waals surface area contributed by atoms with Crippen molar-refractivity contribution >= 4 is 11.7 Å². The van der Waals surface area contributed by atoms with E-state index in [4.69, 9.17) is 0 Å². The van der Waals surface area contributed by atoms with E-state index in [2.05, 4.69) is 0 Å². The molecule has 0 fully saturated rings. The summed E-state index contributed by atoms with van der Waals surface area (Å²) in [5, 5.41) is 9.35. The van der Waals surface area contributed by atoms with E-state index in [1.54, 1.807) is 36.2 Å². The summed E-state index contributed by atoms with van der Waals surface area (Å²) in [5.74, 6) is 0.164. The van der Waals surface area contributed by atoms with Gasteiger partial charge in [0.05, 0.1) is 0 Å². The first kappa shape index (κ1) is 12.4. The van der Waals surface area contributed by atoms with E-state index in [1.165, 1.54) is 4.90 Å². The molecule has 4 heteroatoms. The first-order valence-corrected chi connectivity index (χ1v) is 5.41. The van der Waals surface area contributed by atoms with Crippen LogP contribution in [0.4, 0.5) is 10.5 Å². The van der Waals surface area contributed by atoms with Crippen LogP contribution in [0.1, 0.15) is 13.8 Å². The summed E-state index contributed by atoms with van der Waals surface area (Å²) in [7, 11) is 1.70. The Morgan fingerprint density at radius 1 is 1.31 bits per heavy atom. The highest BCUT2D eigenvalue weighted by Crippen LogP contribution is 2.19. The van der Waals surface area contributed by atoms with Crippen LogP contribution in [0.25, 0.3) is 0 Å². The average molecular weight is 222 g/mol. The van der Waals surface area contributed by atoms with Crippen molar-refractivity contribution in [1.82, 2.24) is 4.90 Å². The van der Waals surface area contributed by atoms with Gasteiger partial charge < -0.3 is 10.0 Å². The van der Waals surface area contributed by atoms with E-state index < -0.39 is 0 Å². The number of hydrogen-bond donors (Lipinski definition) is 1. The van der Waals surface area contributed by atoms with Gasteiger partial charge >= 0.3 is 6.03 Å². The van der Waals surface area contributed by atoms with E-state index >= 15 is 0 Å². The molecule has 1 N–H and O–H groups in total. The molecule has 0 aliphatic rings. The van der Waals surface area contributed by atoms with Crippen molar-refractivity contribution in [1.29, 1.82) is 0 Å². The first-order valence-electron chi connectivity index (χ1n) is 5.41. The second-order valence-electron chi connectivity index (χ2n) is 3.53. The maximum absolute atomic E-state index is 12.0. The van der Waals surface area contributed by atoms with E-state index in [0.717, 1.165) is 0 Å². The zero-order chi connectivity index (χ0) is 12.1. The van der Waals surface area contributed by atoms with Crippen LogP contribution in [0.15, 0.2) is 24.3 Å². The largest absolute Gasteiger partial charge is 0.508 e. The molecule has 0 unspecified atom stereocenters. The summed E-state index contributed by atoms with van der Waals surface area (Å²) in [6.45, 7) is 5.24. The lowest BCUT2D eigenvalue weighted by atomic mass is 10.3. The Labute approximate surface area is 96.1 Å². The molecule has 0 aromatic heterocycles. The monoisotopic (exact) mass is 222 g/mol. The maximum atomic E-state index is 12.0. The van der Waals surface area contributed by atoms with Gasteiger partial charge in [-0.2, -0.15) is 0 Å². The Morgan fingerprint density at radius 3 is 2.44 bits per heavy atom. The third-order valence-corrected chi connectivity index (χ3v) is 2.54. The number of anilines is 1. The predicted molar refractivity (Wildman–Crippen MR) is 64.8 cm³/mol. The van der Waals surface area contributed by atoms with E-state index in [-0.39, 0.29) is 11.8 Å². The van der Waals surface area contributed by atoms with Crippen molar-refractivity contribution in [3.8, 4) is 5.75 Å². The van der Waals surface area contributed by atoms with Crippen molar-refractivity contribution in [2.24, 2.45) is 0 Å². The summed E-state index contributed by atoms with van der Waals surface area (Å²) >= 11 is 0. The molecule has 0 heterocycles. The Balaban J connectivity index is 2.85. The number of phenols is 1. The van der Waals surface area contributed by atoms with Crippen LogP contribution in [-0.4, -0.2) is 36.2 Å². The SMILES string of the molecule is CCN(CC)C(=O)N(C)c1cccc(O)c1. The van der Waals surface area contributed by atoms with Crippen molar-refractivity contribution in [3.05, 3.63) is 24.3 Å². The number of aromatic hydroxyl groups is 1. The molecule has 88 valence electrons. The standard InChI is InChI=1S/C12H18N2O2/c1-4-14(5-2)12(16)13(3)10-7-6-8-11(15)9-10/h6-9,15H,4-5H2,1-3H3. The van der Waals surface area contributed by atoms with Crippen LogP contribution in [-0.2, 0) is 0 Å². The number of urea groups is 1. The lowest BCUT2D eigenvalue weighted by molar-refractivity contribution is 0.211. The van der Waals surface area contributed by atoms with Crippen molar-refractivity contribution in [2.45, 2.75) is 13.8 Å². The van der Waals surface area contributed by atoms with E-state index in [0.29, 0.717) is 18.8 Å². The van der Waals surface area contributed by atoms with Gasteiger partial charge in [-0.05, 0) is 26.0 Å². The van der Waals surface area contributed by atoms with Gasteiger partial charge in [0.15, 0.2) is 0 Å². The minimum absolute atomic E-state index is 0.0596. The van der Waals surface area contributed by atoms with Crippen LogP contribution in [0.2, 0.25) is 0 Å². The molecule has 1 aromatic rings. The third-order valence-electron chi connectivity index (χ3n) is 2.54. The van der Waals surface area contributed by atoms with Gasteiger partial charge in [-0.25, -0.2) is 4.79 Å². The van der Waals surface area contributed by atoms with Gasteiger partial charge in [0.1, 0.15) is 5.75 Å². The van der Waals surface area contributed by atoms with Gasteiger partial charge in [0.2, 0.25) is 0 Å². The summed E-state index contributed by atoms with van der Waals surface area (Å²) < 4.78 is 0. The number of benzene rings is 1. The Hall–Kier alpha value is -1.71. The smallest absolute Gasteiger partial charge is 0.324 e. The molecule has 4 nitrogen and oxygen atoms in total. The zero-order valence-electron chi connectivity index (χ0n) is 9.97. The zero-order valence-corrected chi connectivity index (χ0v) is 9.97. The average Bonchev–Trinajstić information content (AvgIpc) is 2.29. The highest BCUT2D eigenvalue weighted by Gasteiger charge is 2.16. The number of carbonyl (C=O) groups is 1. The van der Waals surface area contributed by atoms with Crippen LogP contribution in [0, 0.1) is 0 Å². The van der Waals surface area contributed by atoms with Gasteiger partial charge in [-0.1, -0.05) is 6.07 Å². The van der Waals surface area contributed by atoms with Gasteiger partial charge in [0, 0.05) is 31.9 Å². The Kier molecular flexibility index (Phi) is 4.17. The number of amides is 2. The number of carbonyl (C=O) groups excluding carboxylic acids is 1. The normalized spacial score (nSPS) is 9.94. The second kappa shape index (κ2) is 5.39. The minimum Gasteiger partial charge on any atom is -0.508 e. The second-order valence-corrected chi connectivity index (χ2v) is 3.53. The molecule has 0 bridgehead atoms. The van der Waals surface area contributed by atoms with Gasteiger partial charge in [-0.3, -0.25) is 4.90 Å². The molecule has 0 aliphatic heterocycles. The molecular weight excluding hydrogens is 204 g/mol. The lowest BCUT2D eigenvalue weighted by Crippen LogP contribution is -2.41. The molecule has 16 heavy (non-hydrogen) atoms. The van der Waals surface area contributed by atoms with E-state index in [1.807, 2.05) is 13.8 Å². The Morgan fingerprint density at radius 2 is 1.94 bits per heavy atom. The lowest BCUT2D eigenvalue weighted by Gasteiger charge is -2.26. The molecule has 0 radical (unpaired) electrons. The third kappa shape index (κ3) is 2.66. The van der Waals surface area contributed by atoms with E-state index in [9.17, 15) is 9.90 Å². The summed E-state index contributed by atoms with van der Waals surface area (Å²) in [4.78, 5) is 15.2. The maximum Gasteiger partial charge on any atom is 0.324 e. The number of rotatable bonds is 3. The van der Waals surface area contributed by atoms with Crippen LogP contribution >= 0.6 is 0 Å². The number of nitrogens with zero attached hydrogens (tertiary/aromatic N) is 2. The van der Waals surface area contributed by atoms with Crippen LogP contribution in [0.3, 0.4) is 0 Å². The first-order chi connectivity index (χ1) is 7.60. The number of phenolic OH excluding ortho intramolecular Hbond substituents is 1. The molecule has 1 rings (SSSR count). The molecular formula is C12H18N2O2. The summed E-state index contributed by atoms with van der Waals surface area (Å²) in [6, 6.07) is 6.61. The molecule has 0 saturated carbocycles. The van der Waals surface area contributed by atoms with Gasteiger partial charge in [-0.15, -0.1) is 0 Å². The quantitative estimate of drug-likeness (QED) is 0.852. The topological polar surface area (TPSA) is 43.8 Å². The fourth-order valence-corrected chi connectivity index (χ4v) is 1.52. The predicted octanol–water partition coefficient (Wildman–Crippen LogP) is 2.29. The highest BCUT2D eigenvalue weighted by atomic mass is 16.3. The fraction of sp³-hybridized carbons (Fsp3) is 0.417. The van der Waals surface area contributed by atoms with Crippen LogP contribution < -0.4 is 4.90 Å². The molecule has 0 atom stereocenters. The van der Waals surface area contributed by atoms with Crippen molar-refractivity contribution in [3.63, 3.8) is 0 Å². The van der Waals surface area contributed by atoms with Crippen molar-refractivity contribution in [2.75, 3.05) is 25.0 Å². The van der Waals surface area contributed by atoms with Gasteiger partial charge in [0.25, 0.3) is 0 Å². The summed E-state index contributed by atoms with van der Waals surface area (Å²) in [5.41, 5.74) is 0.692. The molecule has 1 aromatic carbocycles. The summed E-state index contributed by atoms with van der Waals surface area (Å²) in [6.07, 6.45) is 0. The molecule has 2 amide bonds. The Bertz CT molecular complexity index is 362. The highest BCUT2D eigenvalue weighted by molar-refractivity contribution is 5.91. The van der Waals surface area contributed by atoms with Crippen LogP contribution in [0.5, 0.6) is 5.75 Å². The molecule has 0 spiro atoms. The fourth-order valence-electron chi connectivity index (χ4n) is 1.52. The number of hydrogen-bond acceptors (Lipinski definition) is 2. The van der Waals surface area contributed by atoms with Crippen molar-refractivity contribution < 1.29 is 9.90 Å². The molecule has 0 aliphatic carbocycles. The minimum atomic E-state index is -0.0596.